The predicted molar refractivity (Wildman–Crippen MR) is 96.1 cm³/mol. The molecule has 2 fully saturated rings. The van der Waals surface area contributed by atoms with E-state index in [2.05, 4.69) is 17.1 Å². The zero-order valence-corrected chi connectivity index (χ0v) is 15.0. The second kappa shape index (κ2) is 8.79. The number of carbonyl (C=O) groups is 1. The number of halogens is 2. The molecule has 0 radical (unpaired) electrons. The Morgan fingerprint density at radius 3 is 2.58 bits per heavy atom. The number of amides is 1. The number of carbonyl (C=O) groups excluding carboxylic acids is 1. The third-order valence-electron chi connectivity index (χ3n) is 5.13. The van der Waals surface area contributed by atoms with Crippen LogP contribution >= 0.6 is 12.4 Å². The summed E-state index contributed by atoms with van der Waals surface area (Å²) in [6.07, 6.45) is 1.67. The van der Waals surface area contributed by atoms with Crippen molar-refractivity contribution in [2.45, 2.75) is 31.7 Å². The minimum atomic E-state index is -0.182. The molecule has 2 aliphatic heterocycles. The third kappa shape index (κ3) is 4.68. The van der Waals surface area contributed by atoms with Crippen molar-refractivity contribution in [1.29, 1.82) is 0 Å². The van der Waals surface area contributed by atoms with Gasteiger partial charge in [-0.2, -0.15) is 0 Å². The van der Waals surface area contributed by atoms with E-state index in [0.717, 1.165) is 45.7 Å². The molecular weight excluding hydrogens is 329 g/mol. The van der Waals surface area contributed by atoms with Gasteiger partial charge in [0.25, 0.3) is 0 Å². The Morgan fingerprint density at radius 2 is 1.92 bits per heavy atom. The molecule has 2 atom stereocenters. The fourth-order valence-electron chi connectivity index (χ4n) is 3.70. The van der Waals surface area contributed by atoms with Crippen LogP contribution in [0.25, 0.3) is 0 Å². The molecule has 2 saturated heterocycles. The van der Waals surface area contributed by atoms with Gasteiger partial charge >= 0.3 is 0 Å². The summed E-state index contributed by atoms with van der Waals surface area (Å²) < 4.78 is 13.1. The van der Waals surface area contributed by atoms with Crippen molar-refractivity contribution in [3.63, 3.8) is 0 Å². The molecule has 0 aliphatic carbocycles. The van der Waals surface area contributed by atoms with Gasteiger partial charge in [0.05, 0.1) is 0 Å². The smallest absolute Gasteiger partial charge is 0.223 e. The lowest BCUT2D eigenvalue weighted by Crippen LogP contribution is -2.47. The summed E-state index contributed by atoms with van der Waals surface area (Å²) in [5, 5.41) is 3.27. The van der Waals surface area contributed by atoms with Gasteiger partial charge in [0.1, 0.15) is 5.82 Å². The first-order chi connectivity index (χ1) is 11.1. The van der Waals surface area contributed by atoms with Crippen LogP contribution in [0.4, 0.5) is 4.39 Å². The van der Waals surface area contributed by atoms with E-state index in [-0.39, 0.29) is 24.1 Å². The molecule has 2 heterocycles. The summed E-state index contributed by atoms with van der Waals surface area (Å²) in [6.45, 7) is 7.46. The highest BCUT2D eigenvalue weighted by molar-refractivity contribution is 5.85. The second-order valence-electron chi connectivity index (χ2n) is 6.71. The van der Waals surface area contributed by atoms with Gasteiger partial charge in [-0.15, -0.1) is 12.4 Å². The van der Waals surface area contributed by atoms with Crippen LogP contribution in [0.2, 0.25) is 0 Å². The van der Waals surface area contributed by atoms with Gasteiger partial charge in [0.2, 0.25) is 5.91 Å². The maximum absolute atomic E-state index is 13.1. The number of likely N-dealkylation sites (tertiary alicyclic amines) is 1. The van der Waals surface area contributed by atoms with Gasteiger partial charge in [-0.1, -0.05) is 12.1 Å². The number of nitrogens with zero attached hydrogens (tertiary/aromatic N) is 2. The van der Waals surface area contributed by atoms with Crippen molar-refractivity contribution in [1.82, 2.24) is 15.1 Å². The Bertz CT molecular complexity index is 534. The van der Waals surface area contributed by atoms with Crippen molar-refractivity contribution in [3.05, 3.63) is 35.6 Å². The Kier molecular flexibility index (Phi) is 7.02. The van der Waals surface area contributed by atoms with Crippen LogP contribution < -0.4 is 5.32 Å². The molecule has 2 aliphatic rings. The van der Waals surface area contributed by atoms with E-state index in [1.165, 1.54) is 17.7 Å². The number of rotatable bonds is 4. The van der Waals surface area contributed by atoms with Crippen LogP contribution in [0.5, 0.6) is 0 Å². The molecule has 1 amide bonds. The molecule has 0 spiro atoms. The van der Waals surface area contributed by atoms with E-state index in [9.17, 15) is 9.18 Å². The molecule has 0 saturated carbocycles. The summed E-state index contributed by atoms with van der Waals surface area (Å²) in [5.41, 5.74) is 1.20. The number of hydrogen-bond acceptors (Lipinski definition) is 3. The van der Waals surface area contributed by atoms with Crippen LogP contribution in [-0.4, -0.2) is 61.0 Å². The predicted octanol–water partition coefficient (Wildman–Crippen LogP) is 2.25. The van der Waals surface area contributed by atoms with Crippen LogP contribution in [-0.2, 0) is 4.79 Å². The van der Waals surface area contributed by atoms with Crippen molar-refractivity contribution in [2.75, 3.05) is 39.3 Å². The van der Waals surface area contributed by atoms with Crippen LogP contribution in [0.15, 0.2) is 24.3 Å². The van der Waals surface area contributed by atoms with Gasteiger partial charge in [0, 0.05) is 51.7 Å². The van der Waals surface area contributed by atoms with E-state index in [1.54, 1.807) is 0 Å². The van der Waals surface area contributed by atoms with Crippen LogP contribution in [0, 0.1) is 5.82 Å². The standard InChI is InChI=1S/C18H26FN3O.ClH/c1-14-12-16(15-2-4-17(19)5-3-15)13-22(14)9-6-18(23)21-10-7-20-8-11-21;/h2-5,14,16,20H,6-13H2,1H3;1H. The largest absolute Gasteiger partial charge is 0.340 e. The van der Waals surface area contributed by atoms with Crippen LogP contribution in [0.3, 0.4) is 0 Å². The molecule has 6 heteroatoms. The fourth-order valence-corrected chi connectivity index (χ4v) is 3.70. The van der Waals surface area contributed by atoms with E-state index in [1.807, 2.05) is 17.0 Å². The van der Waals surface area contributed by atoms with Gasteiger partial charge < -0.3 is 10.2 Å². The van der Waals surface area contributed by atoms with Gasteiger partial charge in [-0.05, 0) is 37.0 Å². The Hall–Kier alpha value is -1.17. The molecule has 1 N–H and O–H groups in total. The van der Waals surface area contributed by atoms with E-state index < -0.39 is 0 Å². The third-order valence-corrected chi connectivity index (χ3v) is 5.13. The van der Waals surface area contributed by atoms with Crippen molar-refractivity contribution in [3.8, 4) is 0 Å². The highest BCUT2D eigenvalue weighted by atomic mass is 35.5. The zero-order chi connectivity index (χ0) is 16.2. The summed E-state index contributed by atoms with van der Waals surface area (Å²) in [5.74, 6) is 0.530. The summed E-state index contributed by atoms with van der Waals surface area (Å²) in [6, 6.07) is 7.33. The molecule has 0 bridgehead atoms. The lowest BCUT2D eigenvalue weighted by molar-refractivity contribution is -0.132. The van der Waals surface area contributed by atoms with Crippen LogP contribution in [0.1, 0.15) is 31.2 Å². The molecule has 4 nitrogen and oxygen atoms in total. The highest BCUT2D eigenvalue weighted by Crippen LogP contribution is 2.31. The molecule has 134 valence electrons. The maximum Gasteiger partial charge on any atom is 0.223 e. The Balaban J connectivity index is 0.00000208. The van der Waals surface area contributed by atoms with E-state index >= 15 is 0 Å². The quantitative estimate of drug-likeness (QED) is 0.899. The first-order valence-electron chi connectivity index (χ1n) is 8.61. The van der Waals surface area contributed by atoms with E-state index in [4.69, 9.17) is 0 Å². The summed E-state index contributed by atoms with van der Waals surface area (Å²) in [7, 11) is 0. The van der Waals surface area contributed by atoms with E-state index in [0.29, 0.717) is 18.4 Å². The first-order valence-corrected chi connectivity index (χ1v) is 8.61. The molecular formula is C18H27ClFN3O. The lowest BCUT2D eigenvalue weighted by atomic mass is 9.97. The number of hydrogen-bond donors (Lipinski definition) is 1. The Morgan fingerprint density at radius 1 is 1.25 bits per heavy atom. The average molecular weight is 356 g/mol. The minimum absolute atomic E-state index is 0. The van der Waals surface area contributed by atoms with Crippen molar-refractivity contribution >= 4 is 18.3 Å². The van der Waals surface area contributed by atoms with Crippen molar-refractivity contribution in [2.24, 2.45) is 0 Å². The topological polar surface area (TPSA) is 35.6 Å². The maximum atomic E-state index is 13.1. The highest BCUT2D eigenvalue weighted by Gasteiger charge is 2.30. The molecule has 1 aromatic carbocycles. The van der Waals surface area contributed by atoms with Gasteiger partial charge in [0.15, 0.2) is 0 Å². The number of nitrogens with one attached hydrogen (secondary N) is 1. The minimum Gasteiger partial charge on any atom is -0.340 e. The molecule has 24 heavy (non-hydrogen) atoms. The second-order valence-corrected chi connectivity index (χ2v) is 6.71. The fraction of sp³-hybridized carbons (Fsp3) is 0.611. The van der Waals surface area contributed by atoms with Crippen molar-refractivity contribution < 1.29 is 9.18 Å². The normalized spacial score (nSPS) is 24.7. The van der Waals surface area contributed by atoms with Gasteiger partial charge in [-0.3, -0.25) is 9.69 Å². The number of benzene rings is 1. The summed E-state index contributed by atoms with van der Waals surface area (Å²) in [4.78, 5) is 16.6. The molecule has 0 aromatic heterocycles. The Labute approximate surface area is 149 Å². The average Bonchev–Trinajstić information content (AvgIpc) is 2.95. The zero-order valence-electron chi connectivity index (χ0n) is 14.2. The first kappa shape index (κ1) is 19.2. The SMILES string of the molecule is CC1CC(c2ccc(F)cc2)CN1CCC(=O)N1CCNCC1.Cl. The number of piperazine rings is 1. The lowest BCUT2D eigenvalue weighted by Gasteiger charge is -2.29. The molecule has 1 aromatic rings. The van der Waals surface area contributed by atoms with Gasteiger partial charge in [-0.25, -0.2) is 4.39 Å². The summed E-state index contributed by atoms with van der Waals surface area (Å²) >= 11 is 0. The molecule has 2 unspecified atom stereocenters. The monoisotopic (exact) mass is 355 g/mol. The molecule has 3 rings (SSSR count).